The molecule has 2 amide bonds. The van der Waals surface area contributed by atoms with Gasteiger partial charge in [0, 0.05) is 11.6 Å². The first-order chi connectivity index (χ1) is 9.61. The summed E-state index contributed by atoms with van der Waals surface area (Å²) < 4.78 is 13.4. The van der Waals surface area contributed by atoms with Crippen LogP contribution >= 0.6 is 0 Å². The van der Waals surface area contributed by atoms with Crippen LogP contribution in [0.25, 0.3) is 0 Å². The van der Waals surface area contributed by atoms with Crippen molar-refractivity contribution in [2.24, 2.45) is 10.8 Å². The summed E-state index contributed by atoms with van der Waals surface area (Å²) in [5.41, 5.74) is 7.06. The average Bonchev–Trinajstić information content (AvgIpc) is 2.83. The van der Waals surface area contributed by atoms with E-state index in [4.69, 9.17) is 5.73 Å². The van der Waals surface area contributed by atoms with Gasteiger partial charge in [-0.3, -0.25) is 0 Å². The summed E-state index contributed by atoms with van der Waals surface area (Å²) in [5.74, 6) is -0.317. The number of hydrogen-bond donors (Lipinski definition) is 1. The zero-order valence-electron chi connectivity index (χ0n) is 11.7. The van der Waals surface area contributed by atoms with E-state index in [1.54, 1.807) is 6.07 Å². The predicted octanol–water partition coefficient (Wildman–Crippen LogP) is 3.24. The van der Waals surface area contributed by atoms with Crippen molar-refractivity contribution < 1.29 is 9.18 Å². The van der Waals surface area contributed by atoms with E-state index in [0.29, 0.717) is 6.54 Å². The van der Waals surface area contributed by atoms with Gasteiger partial charge >= 0.3 is 6.03 Å². The van der Waals surface area contributed by atoms with E-state index in [2.05, 4.69) is 12.0 Å². The molecule has 2 N–H and O–H groups in total. The van der Waals surface area contributed by atoms with Gasteiger partial charge in [0.05, 0.1) is 6.54 Å². The zero-order chi connectivity index (χ0) is 14.5. The quantitative estimate of drug-likeness (QED) is 0.825. The maximum Gasteiger partial charge on any atom is 0.335 e. The maximum atomic E-state index is 13.4. The number of hydrazone groups is 1. The number of hydrogen-bond acceptors (Lipinski definition) is 2. The number of carbonyl (C=O) groups is 1. The third kappa shape index (κ3) is 3.35. The van der Waals surface area contributed by atoms with Gasteiger partial charge in [0.15, 0.2) is 0 Å². The molecule has 108 valence electrons. The third-order valence-electron chi connectivity index (χ3n) is 3.55. The smallest absolute Gasteiger partial charge is 0.335 e. The highest BCUT2D eigenvalue weighted by Gasteiger charge is 2.30. The molecule has 2 rings (SSSR count). The fraction of sp³-hybridized carbons (Fsp3) is 0.467. The second kappa shape index (κ2) is 6.50. The second-order valence-electron chi connectivity index (χ2n) is 5.08. The Hall–Kier alpha value is -1.91. The number of nitrogens with two attached hydrogens (primary N) is 1. The average molecular weight is 277 g/mol. The molecule has 0 bridgehead atoms. The van der Waals surface area contributed by atoms with E-state index >= 15 is 0 Å². The van der Waals surface area contributed by atoms with Crippen molar-refractivity contribution in [3.63, 3.8) is 0 Å². The van der Waals surface area contributed by atoms with E-state index < -0.39 is 6.03 Å². The summed E-state index contributed by atoms with van der Waals surface area (Å²) in [7, 11) is 0. The molecule has 1 aliphatic heterocycles. The molecule has 1 atom stereocenters. The molecule has 20 heavy (non-hydrogen) atoms. The Morgan fingerprint density at radius 3 is 2.95 bits per heavy atom. The van der Waals surface area contributed by atoms with Crippen molar-refractivity contribution in [1.82, 2.24) is 5.01 Å². The number of nitrogens with zero attached hydrogens (tertiary/aromatic N) is 2. The van der Waals surface area contributed by atoms with Crippen LogP contribution in [0.15, 0.2) is 29.4 Å². The monoisotopic (exact) mass is 277 g/mol. The van der Waals surface area contributed by atoms with Crippen molar-refractivity contribution in [3.05, 3.63) is 35.6 Å². The maximum absolute atomic E-state index is 13.4. The number of rotatable bonds is 5. The predicted molar refractivity (Wildman–Crippen MR) is 77.0 cm³/mol. The van der Waals surface area contributed by atoms with Crippen LogP contribution in [0.5, 0.6) is 0 Å². The number of amides is 2. The number of benzene rings is 1. The molecule has 4 nitrogen and oxygen atoms in total. The molecule has 5 heteroatoms. The van der Waals surface area contributed by atoms with Gasteiger partial charge in [0.1, 0.15) is 5.82 Å². The van der Waals surface area contributed by atoms with Crippen LogP contribution in [0.2, 0.25) is 0 Å². The van der Waals surface area contributed by atoms with Crippen LogP contribution in [0.1, 0.15) is 44.1 Å². The van der Waals surface area contributed by atoms with Crippen molar-refractivity contribution in [1.29, 1.82) is 0 Å². The molecule has 0 spiro atoms. The summed E-state index contributed by atoms with van der Waals surface area (Å²) in [5, 5.41) is 5.57. The standard InChI is InChI=1S/C15H20FN3O/c1-2-3-4-8-14-13(10-19(18-14)15(17)20)11-6-5-7-12(16)9-11/h5-7,9,13H,2-4,8,10H2,1H3,(H2,17,20). The molecule has 1 aliphatic rings. The summed E-state index contributed by atoms with van der Waals surface area (Å²) in [6, 6.07) is 5.91. The molecule has 0 saturated carbocycles. The van der Waals surface area contributed by atoms with Gasteiger partial charge in [-0.05, 0) is 30.5 Å². The number of primary amides is 1. The first-order valence-corrected chi connectivity index (χ1v) is 7.01. The Labute approximate surface area is 118 Å². The largest absolute Gasteiger partial charge is 0.350 e. The van der Waals surface area contributed by atoms with Gasteiger partial charge in [-0.15, -0.1) is 0 Å². The lowest BCUT2D eigenvalue weighted by molar-refractivity contribution is 0.214. The molecular weight excluding hydrogens is 257 g/mol. The van der Waals surface area contributed by atoms with E-state index in [-0.39, 0.29) is 11.7 Å². The van der Waals surface area contributed by atoms with Crippen LogP contribution in [0.3, 0.4) is 0 Å². The van der Waals surface area contributed by atoms with Crippen LogP contribution in [-0.2, 0) is 0 Å². The third-order valence-corrected chi connectivity index (χ3v) is 3.55. The van der Waals surface area contributed by atoms with Gasteiger partial charge in [-0.25, -0.2) is 14.2 Å². The number of halogens is 1. The molecule has 1 unspecified atom stereocenters. The minimum absolute atomic E-state index is 0.0462. The molecule has 1 aromatic carbocycles. The number of carbonyl (C=O) groups excluding carboxylic acids is 1. The Kier molecular flexibility index (Phi) is 4.71. The van der Waals surface area contributed by atoms with Gasteiger partial charge < -0.3 is 5.73 Å². The van der Waals surface area contributed by atoms with Crippen LogP contribution in [-0.4, -0.2) is 23.3 Å². The van der Waals surface area contributed by atoms with E-state index in [1.165, 1.54) is 17.1 Å². The highest BCUT2D eigenvalue weighted by molar-refractivity contribution is 5.94. The molecule has 0 aliphatic carbocycles. The zero-order valence-corrected chi connectivity index (χ0v) is 11.7. The summed E-state index contributed by atoms with van der Waals surface area (Å²) in [6.07, 6.45) is 4.08. The highest BCUT2D eigenvalue weighted by atomic mass is 19.1. The number of urea groups is 1. The summed E-state index contributed by atoms with van der Waals surface area (Å²) in [4.78, 5) is 11.3. The molecule has 1 aromatic rings. The fourth-order valence-electron chi connectivity index (χ4n) is 2.48. The minimum Gasteiger partial charge on any atom is -0.350 e. The summed E-state index contributed by atoms with van der Waals surface area (Å²) in [6.45, 7) is 2.54. The van der Waals surface area contributed by atoms with Crippen molar-refractivity contribution in [2.45, 2.75) is 38.5 Å². The minimum atomic E-state index is -0.558. The van der Waals surface area contributed by atoms with E-state index in [9.17, 15) is 9.18 Å². The molecule has 1 heterocycles. The van der Waals surface area contributed by atoms with E-state index in [0.717, 1.165) is 37.0 Å². The van der Waals surface area contributed by atoms with Crippen molar-refractivity contribution in [2.75, 3.05) is 6.54 Å². The Morgan fingerprint density at radius 2 is 2.30 bits per heavy atom. The highest BCUT2D eigenvalue weighted by Crippen LogP contribution is 2.28. The lowest BCUT2D eigenvalue weighted by atomic mass is 9.91. The Morgan fingerprint density at radius 1 is 1.50 bits per heavy atom. The first-order valence-electron chi connectivity index (χ1n) is 7.01. The Balaban J connectivity index is 2.17. The van der Waals surface area contributed by atoms with Crippen molar-refractivity contribution in [3.8, 4) is 0 Å². The lowest BCUT2D eigenvalue weighted by Gasteiger charge is -2.13. The Bertz CT molecular complexity index is 516. The van der Waals surface area contributed by atoms with Crippen LogP contribution < -0.4 is 5.73 Å². The van der Waals surface area contributed by atoms with Crippen LogP contribution in [0, 0.1) is 5.82 Å². The second-order valence-corrected chi connectivity index (χ2v) is 5.08. The van der Waals surface area contributed by atoms with Gasteiger partial charge in [-0.1, -0.05) is 31.9 Å². The van der Waals surface area contributed by atoms with Crippen molar-refractivity contribution >= 4 is 11.7 Å². The number of unbranched alkanes of at least 4 members (excludes halogenated alkanes) is 2. The molecule has 0 fully saturated rings. The SMILES string of the molecule is CCCCCC1=NN(C(N)=O)CC1c1cccc(F)c1. The van der Waals surface area contributed by atoms with Gasteiger partial charge in [0.2, 0.25) is 0 Å². The molecule has 0 aromatic heterocycles. The van der Waals surface area contributed by atoms with Gasteiger partial charge in [0.25, 0.3) is 0 Å². The van der Waals surface area contributed by atoms with Gasteiger partial charge in [-0.2, -0.15) is 5.10 Å². The topological polar surface area (TPSA) is 58.7 Å². The molecular formula is C15H20FN3O. The van der Waals surface area contributed by atoms with Crippen LogP contribution in [0.4, 0.5) is 9.18 Å². The normalized spacial score (nSPS) is 18.2. The molecule has 0 radical (unpaired) electrons. The summed E-state index contributed by atoms with van der Waals surface area (Å²) >= 11 is 0. The molecule has 0 saturated heterocycles. The van der Waals surface area contributed by atoms with E-state index in [1.807, 2.05) is 6.07 Å². The fourth-order valence-corrected chi connectivity index (χ4v) is 2.48. The first kappa shape index (κ1) is 14.5. The lowest BCUT2D eigenvalue weighted by Crippen LogP contribution is -2.30.